The first-order chi connectivity index (χ1) is 7.27. The molecule has 0 aromatic heterocycles. The summed E-state index contributed by atoms with van der Waals surface area (Å²) >= 11 is 0. The summed E-state index contributed by atoms with van der Waals surface area (Å²) in [5.74, 6) is 0.154. The van der Waals surface area contributed by atoms with Gasteiger partial charge in [0.25, 0.3) is 0 Å². The third-order valence-electron chi connectivity index (χ3n) is 2.66. The van der Waals surface area contributed by atoms with E-state index in [1.54, 1.807) is 0 Å². The summed E-state index contributed by atoms with van der Waals surface area (Å²) in [6.45, 7) is 8.43. The number of esters is 1. The van der Waals surface area contributed by atoms with Gasteiger partial charge in [-0.2, -0.15) is 0 Å². The van der Waals surface area contributed by atoms with Gasteiger partial charge in [0, 0.05) is 0 Å². The zero-order chi connectivity index (χ0) is 11.7. The quantitative estimate of drug-likeness (QED) is 0.515. The minimum absolute atomic E-state index is 0.00217. The van der Waals surface area contributed by atoms with E-state index in [9.17, 15) is 4.79 Å². The van der Waals surface area contributed by atoms with E-state index in [4.69, 9.17) is 4.74 Å². The number of ether oxygens (including phenoxy) is 1. The molecule has 0 N–H and O–H groups in total. The Labute approximate surface area is 93.7 Å². The van der Waals surface area contributed by atoms with E-state index in [1.807, 2.05) is 20.8 Å². The molecule has 0 bridgehead atoms. The van der Waals surface area contributed by atoms with Crippen molar-refractivity contribution in [2.45, 2.75) is 53.4 Å². The molecule has 1 fully saturated rings. The van der Waals surface area contributed by atoms with Crippen LogP contribution in [0.5, 0.6) is 0 Å². The fourth-order valence-corrected chi connectivity index (χ4v) is 1.77. The SMILES string of the molecule is CC.CC=C1CCC(C(=O)OCC)CC1. The highest BCUT2D eigenvalue weighted by Crippen LogP contribution is 2.28. The van der Waals surface area contributed by atoms with Crippen LogP contribution in [0.1, 0.15) is 53.4 Å². The molecule has 0 unspecified atom stereocenters. The van der Waals surface area contributed by atoms with Crippen LogP contribution in [0.25, 0.3) is 0 Å². The lowest BCUT2D eigenvalue weighted by Crippen LogP contribution is -2.20. The van der Waals surface area contributed by atoms with Crippen LogP contribution in [-0.4, -0.2) is 12.6 Å². The largest absolute Gasteiger partial charge is 0.466 e. The lowest BCUT2D eigenvalue weighted by molar-refractivity contribution is -0.148. The Bertz CT molecular complexity index is 197. The minimum atomic E-state index is -0.00217. The van der Waals surface area contributed by atoms with E-state index < -0.39 is 0 Å². The molecule has 1 rings (SSSR count). The van der Waals surface area contributed by atoms with E-state index >= 15 is 0 Å². The molecular weight excluding hydrogens is 188 g/mol. The molecule has 0 aliphatic heterocycles. The van der Waals surface area contributed by atoms with Gasteiger partial charge in [0.1, 0.15) is 0 Å². The number of carbonyl (C=O) groups is 1. The first-order valence-electron chi connectivity index (χ1n) is 6.08. The molecule has 88 valence electrons. The molecule has 0 heterocycles. The Morgan fingerprint density at radius 1 is 1.40 bits per heavy atom. The standard InChI is InChI=1S/C11H18O2.C2H6/c1-3-9-5-7-10(8-6-9)11(12)13-4-2;1-2/h3,10H,4-8H2,1-2H3;1-2H3. The molecule has 2 nitrogen and oxygen atoms in total. The second-order valence-electron chi connectivity index (χ2n) is 3.47. The summed E-state index contributed by atoms with van der Waals surface area (Å²) in [5.41, 5.74) is 1.49. The zero-order valence-corrected chi connectivity index (χ0v) is 10.5. The van der Waals surface area contributed by atoms with Gasteiger partial charge in [0.2, 0.25) is 0 Å². The van der Waals surface area contributed by atoms with Crippen molar-refractivity contribution in [3.63, 3.8) is 0 Å². The number of hydrogen-bond donors (Lipinski definition) is 0. The molecule has 0 atom stereocenters. The van der Waals surface area contributed by atoms with Gasteiger partial charge in [-0.3, -0.25) is 4.79 Å². The van der Waals surface area contributed by atoms with Crippen LogP contribution in [0, 0.1) is 5.92 Å². The fourth-order valence-electron chi connectivity index (χ4n) is 1.77. The van der Waals surface area contributed by atoms with Crippen molar-refractivity contribution in [2.24, 2.45) is 5.92 Å². The van der Waals surface area contributed by atoms with Gasteiger partial charge >= 0.3 is 5.97 Å². The number of allylic oxidation sites excluding steroid dienone is 2. The predicted molar refractivity (Wildman–Crippen MR) is 63.7 cm³/mol. The number of hydrogen-bond acceptors (Lipinski definition) is 2. The van der Waals surface area contributed by atoms with Crippen molar-refractivity contribution in [1.82, 2.24) is 0 Å². The van der Waals surface area contributed by atoms with Crippen molar-refractivity contribution in [1.29, 1.82) is 0 Å². The molecular formula is C13H24O2. The summed E-state index contributed by atoms with van der Waals surface area (Å²) in [6.07, 6.45) is 6.25. The van der Waals surface area contributed by atoms with E-state index in [-0.39, 0.29) is 11.9 Å². The highest BCUT2D eigenvalue weighted by atomic mass is 16.5. The Morgan fingerprint density at radius 3 is 2.33 bits per heavy atom. The molecule has 0 aromatic carbocycles. The van der Waals surface area contributed by atoms with Crippen molar-refractivity contribution >= 4 is 5.97 Å². The summed E-state index contributed by atoms with van der Waals surface area (Å²) in [4.78, 5) is 11.4. The van der Waals surface area contributed by atoms with E-state index in [0.717, 1.165) is 25.7 Å². The van der Waals surface area contributed by atoms with Gasteiger partial charge in [-0.1, -0.05) is 25.5 Å². The van der Waals surface area contributed by atoms with Crippen LogP contribution >= 0.6 is 0 Å². The van der Waals surface area contributed by atoms with E-state index in [0.29, 0.717) is 6.61 Å². The normalized spacial score (nSPS) is 20.0. The van der Waals surface area contributed by atoms with Gasteiger partial charge in [-0.25, -0.2) is 0 Å². The summed E-state index contributed by atoms with van der Waals surface area (Å²) in [6, 6.07) is 0. The van der Waals surface area contributed by atoms with Crippen LogP contribution in [-0.2, 0) is 9.53 Å². The van der Waals surface area contributed by atoms with E-state index in [1.165, 1.54) is 5.57 Å². The molecule has 15 heavy (non-hydrogen) atoms. The highest BCUT2D eigenvalue weighted by Gasteiger charge is 2.23. The minimum Gasteiger partial charge on any atom is -0.466 e. The smallest absolute Gasteiger partial charge is 0.308 e. The fraction of sp³-hybridized carbons (Fsp3) is 0.769. The lowest BCUT2D eigenvalue weighted by atomic mass is 9.86. The Balaban J connectivity index is 0.000000921. The van der Waals surface area contributed by atoms with Crippen molar-refractivity contribution < 1.29 is 9.53 Å². The van der Waals surface area contributed by atoms with Crippen LogP contribution < -0.4 is 0 Å². The summed E-state index contributed by atoms with van der Waals surface area (Å²) in [5, 5.41) is 0. The average Bonchev–Trinajstić information content (AvgIpc) is 2.32. The van der Waals surface area contributed by atoms with Gasteiger partial charge in [-0.15, -0.1) is 0 Å². The van der Waals surface area contributed by atoms with Crippen LogP contribution in [0.4, 0.5) is 0 Å². The van der Waals surface area contributed by atoms with Gasteiger partial charge in [0.15, 0.2) is 0 Å². The first-order valence-corrected chi connectivity index (χ1v) is 6.08. The van der Waals surface area contributed by atoms with Crippen molar-refractivity contribution in [3.05, 3.63) is 11.6 Å². The molecule has 0 spiro atoms. The maximum absolute atomic E-state index is 11.4. The molecule has 0 saturated heterocycles. The monoisotopic (exact) mass is 212 g/mol. The molecule has 1 aliphatic carbocycles. The summed E-state index contributed by atoms with van der Waals surface area (Å²) < 4.78 is 4.99. The van der Waals surface area contributed by atoms with Gasteiger partial charge in [-0.05, 0) is 39.5 Å². The molecule has 2 heteroatoms. The average molecular weight is 212 g/mol. The molecule has 0 radical (unpaired) electrons. The predicted octanol–water partition coefficient (Wildman–Crippen LogP) is 3.71. The second kappa shape index (κ2) is 8.51. The van der Waals surface area contributed by atoms with Crippen molar-refractivity contribution in [2.75, 3.05) is 6.61 Å². The lowest BCUT2D eigenvalue weighted by Gasteiger charge is -2.21. The zero-order valence-electron chi connectivity index (χ0n) is 10.5. The number of rotatable bonds is 2. The van der Waals surface area contributed by atoms with E-state index in [2.05, 4.69) is 13.0 Å². The molecule has 1 saturated carbocycles. The third-order valence-corrected chi connectivity index (χ3v) is 2.66. The van der Waals surface area contributed by atoms with Crippen LogP contribution in [0.3, 0.4) is 0 Å². The second-order valence-corrected chi connectivity index (χ2v) is 3.47. The van der Waals surface area contributed by atoms with Crippen LogP contribution in [0.15, 0.2) is 11.6 Å². The molecule has 1 aliphatic rings. The van der Waals surface area contributed by atoms with Crippen LogP contribution in [0.2, 0.25) is 0 Å². The summed E-state index contributed by atoms with van der Waals surface area (Å²) in [7, 11) is 0. The number of carbonyl (C=O) groups excluding carboxylic acids is 1. The van der Waals surface area contributed by atoms with Crippen molar-refractivity contribution in [3.8, 4) is 0 Å². The Hall–Kier alpha value is -0.790. The Morgan fingerprint density at radius 2 is 1.93 bits per heavy atom. The highest BCUT2D eigenvalue weighted by molar-refractivity contribution is 5.72. The first kappa shape index (κ1) is 14.2. The molecule has 0 amide bonds. The third kappa shape index (κ3) is 5.01. The topological polar surface area (TPSA) is 26.3 Å². The maximum Gasteiger partial charge on any atom is 0.308 e. The molecule has 0 aromatic rings. The van der Waals surface area contributed by atoms with Gasteiger partial charge in [0.05, 0.1) is 12.5 Å². The van der Waals surface area contributed by atoms with Gasteiger partial charge < -0.3 is 4.74 Å². The maximum atomic E-state index is 11.4. The Kier molecular flexibility index (Phi) is 8.06.